The van der Waals surface area contributed by atoms with Crippen LogP contribution in [0.2, 0.25) is 0 Å². The Morgan fingerprint density at radius 3 is 2.83 bits per heavy atom. The number of hydrogen-bond acceptors (Lipinski definition) is 1. The van der Waals surface area contributed by atoms with Crippen LogP contribution in [-0.2, 0) is 4.79 Å². The molecular formula is C21H34O2. The first kappa shape index (κ1) is 19.8. The number of unbranched alkanes of at least 4 members (excludes halogenated alkanes) is 4. The minimum absolute atomic E-state index is 0.238. The molecule has 130 valence electrons. The van der Waals surface area contributed by atoms with E-state index in [1.807, 2.05) is 0 Å². The summed E-state index contributed by atoms with van der Waals surface area (Å²) in [6.07, 6.45) is 17.2. The smallest absolute Gasteiger partial charge is 0.306 e. The van der Waals surface area contributed by atoms with Crippen molar-refractivity contribution in [3.05, 3.63) is 12.2 Å². The molecule has 0 aliphatic heterocycles. The third-order valence-electron chi connectivity index (χ3n) is 4.90. The van der Waals surface area contributed by atoms with Gasteiger partial charge in [0.2, 0.25) is 0 Å². The molecule has 1 rings (SSSR count). The highest BCUT2D eigenvalue weighted by atomic mass is 16.4. The van der Waals surface area contributed by atoms with Crippen molar-refractivity contribution in [2.24, 2.45) is 17.8 Å². The fourth-order valence-electron chi connectivity index (χ4n) is 3.21. The number of hydrogen-bond donors (Lipinski definition) is 1. The van der Waals surface area contributed by atoms with Crippen molar-refractivity contribution < 1.29 is 9.90 Å². The van der Waals surface area contributed by atoms with Crippen LogP contribution in [0.25, 0.3) is 0 Å². The zero-order chi connectivity index (χ0) is 16.9. The van der Waals surface area contributed by atoms with E-state index < -0.39 is 5.97 Å². The van der Waals surface area contributed by atoms with Gasteiger partial charge in [-0.2, -0.15) is 0 Å². The van der Waals surface area contributed by atoms with Crippen LogP contribution in [0.1, 0.15) is 84.5 Å². The Bertz CT molecular complexity index is 413. The maximum absolute atomic E-state index is 10.8. The SMILES string of the molecule is CCCCCCC#C[C@H]1CCC[C@@H]1CC=CCC[C@@H](C)C(=O)O. The summed E-state index contributed by atoms with van der Waals surface area (Å²) in [5, 5.41) is 8.86. The molecule has 0 amide bonds. The van der Waals surface area contributed by atoms with Crippen LogP contribution < -0.4 is 0 Å². The molecule has 1 N–H and O–H groups in total. The Labute approximate surface area is 142 Å². The van der Waals surface area contributed by atoms with Gasteiger partial charge in [0, 0.05) is 12.3 Å². The van der Waals surface area contributed by atoms with Gasteiger partial charge in [0.05, 0.1) is 5.92 Å². The Hall–Kier alpha value is -1.23. The summed E-state index contributed by atoms with van der Waals surface area (Å²) >= 11 is 0. The molecule has 0 radical (unpaired) electrons. The minimum Gasteiger partial charge on any atom is -0.481 e. The summed E-state index contributed by atoms with van der Waals surface area (Å²) in [7, 11) is 0. The molecule has 0 unspecified atom stereocenters. The predicted octanol–water partition coefficient (Wildman–Crippen LogP) is 5.82. The third-order valence-corrected chi connectivity index (χ3v) is 4.90. The third kappa shape index (κ3) is 8.84. The first-order valence-electron chi connectivity index (χ1n) is 9.51. The van der Waals surface area contributed by atoms with Gasteiger partial charge in [0.1, 0.15) is 0 Å². The molecule has 0 bridgehead atoms. The minimum atomic E-state index is -0.691. The molecule has 0 spiro atoms. The lowest BCUT2D eigenvalue weighted by Gasteiger charge is -2.11. The summed E-state index contributed by atoms with van der Waals surface area (Å²) in [4.78, 5) is 10.8. The number of carboxylic acids is 1. The lowest BCUT2D eigenvalue weighted by atomic mass is 9.92. The van der Waals surface area contributed by atoms with Gasteiger partial charge < -0.3 is 5.11 Å². The van der Waals surface area contributed by atoms with E-state index in [4.69, 9.17) is 5.11 Å². The van der Waals surface area contributed by atoms with Gasteiger partial charge in [0.25, 0.3) is 0 Å². The van der Waals surface area contributed by atoms with Crippen LogP contribution >= 0.6 is 0 Å². The second-order valence-electron chi connectivity index (χ2n) is 6.95. The van der Waals surface area contributed by atoms with E-state index in [0.29, 0.717) is 11.8 Å². The fraction of sp³-hybridized carbons (Fsp3) is 0.762. The zero-order valence-electron chi connectivity index (χ0n) is 15.0. The quantitative estimate of drug-likeness (QED) is 0.313. The Kier molecular flexibility index (Phi) is 10.5. The number of carbonyl (C=O) groups is 1. The lowest BCUT2D eigenvalue weighted by Crippen LogP contribution is -2.08. The van der Waals surface area contributed by atoms with E-state index in [9.17, 15) is 4.79 Å². The number of aliphatic carboxylic acids is 1. The van der Waals surface area contributed by atoms with E-state index in [-0.39, 0.29) is 5.92 Å². The molecule has 1 fully saturated rings. The van der Waals surface area contributed by atoms with Crippen LogP contribution in [0.5, 0.6) is 0 Å². The van der Waals surface area contributed by atoms with Crippen molar-refractivity contribution in [2.75, 3.05) is 0 Å². The average molecular weight is 319 g/mol. The molecule has 1 saturated carbocycles. The van der Waals surface area contributed by atoms with Crippen molar-refractivity contribution >= 4 is 5.97 Å². The highest BCUT2D eigenvalue weighted by Gasteiger charge is 2.24. The van der Waals surface area contributed by atoms with E-state index in [1.165, 1.54) is 44.9 Å². The van der Waals surface area contributed by atoms with Gasteiger partial charge >= 0.3 is 5.97 Å². The second-order valence-corrected chi connectivity index (χ2v) is 6.95. The van der Waals surface area contributed by atoms with Crippen molar-refractivity contribution in [2.45, 2.75) is 84.5 Å². The van der Waals surface area contributed by atoms with Gasteiger partial charge in [-0.05, 0) is 44.4 Å². The molecular weight excluding hydrogens is 284 g/mol. The largest absolute Gasteiger partial charge is 0.481 e. The fourth-order valence-corrected chi connectivity index (χ4v) is 3.21. The van der Waals surface area contributed by atoms with Crippen molar-refractivity contribution in [3.8, 4) is 11.8 Å². The molecule has 0 aromatic rings. The van der Waals surface area contributed by atoms with Crippen molar-refractivity contribution in [1.29, 1.82) is 0 Å². The molecule has 0 aromatic heterocycles. The van der Waals surface area contributed by atoms with Crippen LogP contribution in [0.3, 0.4) is 0 Å². The predicted molar refractivity (Wildman–Crippen MR) is 97.2 cm³/mol. The summed E-state index contributed by atoms with van der Waals surface area (Å²) in [6, 6.07) is 0. The molecule has 1 aliphatic carbocycles. The molecule has 1 aliphatic rings. The molecule has 2 heteroatoms. The van der Waals surface area contributed by atoms with E-state index >= 15 is 0 Å². The van der Waals surface area contributed by atoms with Crippen LogP contribution in [0.15, 0.2) is 12.2 Å². The topological polar surface area (TPSA) is 37.3 Å². The Morgan fingerprint density at radius 2 is 2.09 bits per heavy atom. The highest BCUT2D eigenvalue weighted by Crippen LogP contribution is 2.34. The number of allylic oxidation sites excluding steroid dienone is 2. The monoisotopic (exact) mass is 318 g/mol. The molecule has 2 nitrogen and oxygen atoms in total. The Balaban J connectivity index is 2.22. The van der Waals surface area contributed by atoms with E-state index in [2.05, 4.69) is 30.9 Å². The van der Waals surface area contributed by atoms with Gasteiger partial charge in [-0.3, -0.25) is 4.79 Å². The maximum Gasteiger partial charge on any atom is 0.306 e. The zero-order valence-corrected chi connectivity index (χ0v) is 15.0. The molecule has 0 saturated heterocycles. The van der Waals surface area contributed by atoms with Crippen molar-refractivity contribution in [1.82, 2.24) is 0 Å². The van der Waals surface area contributed by atoms with E-state index in [1.54, 1.807) is 6.92 Å². The van der Waals surface area contributed by atoms with Crippen LogP contribution in [-0.4, -0.2) is 11.1 Å². The Morgan fingerprint density at radius 1 is 1.26 bits per heavy atom. The van der Waals surface area contributed by atoms with Crippen LogP contribution in [0.4, 0.5) is 0 Å². The van der Waals surface area contributed by atoms with Gasteiger partial charge in [-0.25, -0.2) is 0 Å². The first-order chi connectivity index (χ1) is 11.1. The van der Waals surface area contributed by atoms with Crippen molar-refractivity contribution in [3.63, 3.8) is 0 Å². The summed E-state index contributed by atoms with van der Waals surface area (Å²) in [5.74, 6) is 7.30. The van der Waals surface area contributed by atoms with Crippen LogP contribution in [0, 0.1) is 29.6 Å². The molecule has 0 heterocycles. The number of carboxylic acid groups (broad SMARTS) is 1. The van der Waals surface area contributed by atoms with Gasteiger partial charge in [-0.1, -0.05) is 57.6 Å². The molecule has 0 aromatic carbocycles. The standard InChI is InChI=1S/C21H34O2/c1-3-4-5-6-7-10-14-19-16-12-17-20(19)15-11-8-9-13-18(2)21(22)23/h8,11,18-20H,3-7,9,12-13,15-17H2,1-2H3,(H,22,23)/t18-,19+,20+/m1/s1. The molecule has 23 heavy (non-hydrogen) atoms. The summed E-state index contributed by atoms with van der Waals surface area (Å²) in [5.41, 5.74) is 0. The maximum atomic E-state index is 10.8. The summed E-state index contributed by atoms with van der Waals surface area (Å²) < 4.78 is 0. The average Bonchev–Trinajstić information content (AvgIpc) is 2.97. The highest BCUT2D eigenvalue weighted by molar-refractivity contribution is 5.69. The first-order valence-corrected chi connectivity index (χ1v) is 9.51. The van der Waals surface area contributed by atoms with Gasteiger partial charge in [0.15, 0.2) is 0 Å². The van der Waals surface area contributed by atoms with E-state index in [0.717, 1.165) is 25.7 Å². The lowest BCUT2D eigenvalue weighted by molar-refractivity contribution is -0.141. The van der Waals surface area contributed by atoms with Gasteiger partial charge in [-0.15, -0.1) is 5.92 Å². The summed E-state index contributed by atoms with van der Waals surface area (Å²) in [6.45, 7) is 4.02. The molecule has 3 atom stereocenters. The second kappa shape index (κ2) is 12.2. The normalized spacial score (nSPS) is 22.0. The number of rotatable bonds is 10.